The van der Waals surface area contributed by atoms with Crippen molar-refractivity contribution in [3.8, 4) is 0 Å². The van der Waals surface area contributed by atoms with E-state index in [4.69, 9.17) is 4.42 Å². The van der Waals surface area contributed by atoms with Gasteiger partial charge in [0.1, 0.15) is 5.76 Å². The van der Waals surface area contributed by atoms with E-state index in [0.717, 1.165) is 18.7 Å². The van der Waals surface area contributed by atoms with E-state index in [-0.39, 0.29) is 0 Å². The molecule has 0 aliphatic heterocycles. The van der Waals surface area contributed by atoms with Crippen LogP contribution in [0.15, 0.2) is 22.8 Å². The van der Waals surface area contributed by atoms with Crippen molar-refractivity contribution in [3.05, 3.63) is 24.2 Å². The van der Waals surface area contributed by atoms with E-state index in [9.17, 15) is 0 Å². The molecule has 0 saturated heterocycles. The van der Waals surface area contributed by atoms with Gasteiger partial charge in [0.2, 0.25) is 0 Å². The van der Waals surface area contributed by atoms with E-state index in [1.54, 1.807) is 6.26 Å². The summed E-state index contributed by atoms with van der Waals surface area (Å²) in [6.45, 7) is 9.95. The highest BCUT2D eigenvalue weighted by Crippen LogP contribution is 2.18. The Kier molecular flexibility index (Phi) is 3.76. The molecule has 0 aliphatic rings. The van der Waals surface area contributed by atoms with Gasteiger partial charge in [-0.2, -0.15) is 0 Å². The van der Waals surface area contributed by atoms with Crippen LogP contribution in [-0.2, 0) is 6.42 Å². The largest absolute Gasteiger partial charge is 0.469 e. The highest BCUT2D eigenvalue weighted by molar-refractivity contribution is 4.98. The summed E-state index contributed by atoms with van der Waals surface area (Å²) in [5.74, 6) is 1.05. The standard InChI is InChI=1S/C12H21NO/c1-10(12(2,3)4)13-8-7-11-6-5-9-14-11/h5-6,9-10,13H,7-8H2,1-4H3. The number of hydrogen-bond donors (Lipinski definition) is 1. The van der Waals surface area contributed by atoms with Crippen LogP contribution in [0, 0.1) is 5.41 Å². The van der Waals surface area contributed by atoms with E-state index in [2.05, 4.69) is 33.0 Å². The van der Waals surface area contributed by atoms with Crippen LogP contribution in [0.5, 0.6) is 0 Å². The first-order valence-corrected chi connectivity index (χ1v) is 5.26. The van der Waals surface area contributed by atoms with Crippen molar-refractivity contribution in [1.29, 1.82) is 0 Å². The molecule has 1 atom stereocenters. The van der Waals surface area contributed by atoms with E-state index >= 15 is 0 Å². The Labute approximate surface area is 86.7 Å². The van der Waals surface area contributed by atoms with Crippen LogP contribution in [-0.4, -0.2) is 12.6 Å². The van der Waals surface area contributed by atoms with Crippen molar-refractivity contribution >= 4 is 0 Å². The van der Waals surface area contributed by atoms with Gasteiger partial charge in [-0.25, -0.2) is 0 Å². The van der Waals surface area contributed by atoms with Crippen molar-refractivity contribution in [2.75, 3.05) is 6.54 Å². The first-order valence-electron chi connectivity index (χ1n) is 5.26. The summed E-state index contributed by atoms with van der Waals surface area (Å²) < 4.78 is 5.26. The Hall–Kier alpha value is -0.760. The van der Waals surface area contributed by atoms with E-state index in [1.165, 1.54) is 0 Å². The fourth-order valence-corrected chi connectivity index (χ4v) is 1.17. The van der Waals surface area contributed by atoms with Crippen LogP contribution in [0.2, 0.25) is 0 Å². The quantitative estimate of drug-likeness (QED) is 0.799. The molecule has 1 rings (SSSR count). The maximum Gasteiger partial charge on any atom is 0.105 e. The predicted octanol–water partition coefficient (Wildman–Crippen LogP) is 2.85. The van der Waals surface area contributed by atoms with E-state index < -0.39 is 0 Å². The normalized spacial score (nSPS) is 14.3. The molecule has 0 aliphatic carbocycles. The van der Waals surface area contributed by atoms with Gasteiger partial charge in [-0.15, -0.1) is 0 Å². The SMILES string of the molecule is CC(NCCc1ccco1)C(C)(C)C. The zero-order valence-corrected chi connectivity index (χ0v) is 9.63. The van der Waals surface area contributed by atoms with Gasteiger partial charge in [0, 0.05) is 19.0 Å². The molecule has 0 spiro atoms. The molecule has 0 saturated carbocycles. The minimum atomic E-state index is 0.323. The first-order chi connectivity index (χ1) is 6.50. The van der Waals surface area contributed by atoms with Crippen LogP contribution in [0.3, 0.4) is 0 Å². The van der Waals surface area contributed by atoms with Gasteiger partial charge in [-0.3, -0.25) is 0 Å². The molecule has 1 aromatic heterocycles. The van der Waals surface area contributed by atoms with E-state index in [0.29, 0.717) is 11.5 Å². The maximum atomic E-state index is 5.26. The summed E-state index contributed by atoms with van der Waals surface area (Å²) in [5.41, 5.74) is 0.323. The van der Waals surface area contributed by atoms with E-state index in [1.807, 2.05) is 12.1 Å². The molecule has 1 heterocycles. The van der Waals surface area contributed by atoms with Gasteiger partial charge in [-0.05, 0) is 24.5 Å². The molecule has 2 nitrogen and oxygen atoms in total. The smallest absolute Gasteiger partial charge is 0.105 e. The number of furan rings is 1. The Balaban J connectivity index is 2.22. The van der Waals surface area contributed by atoms with Crippen LogP contribution in [0.4, 0.5) is 0 Å². The fraction of sp³-hybridized carbons (Fsp3) is 0.667. The molecule has 1 aromatic rings. The third-order valence-electron chi connectivity index (χ3n) is 2.70. The Morgan fingerprint density at radius 3 is 2.64 bits per heavy atom. The molecule has 0 amide bonds. The third-order valence-corrected chi connectivity index (χ3v) is 2.70. The van der Waals surface area contributed by atoms with Gasteiger partial charge in [0.25, 0.3) is 0 Å². The Morgan fingerprint density at radius 2 is 2.14 bits per heavy atom. The predicted molar refractivity (Wildman–Crippen MR) is 59.3 cm³/mol. The van der Waals surface area contributed by atoms with Crippen LogP contribution in [0.25, 0.3) is 0 Å². The summed E-state index contributed by atoms with van der Waals surface area (Å²) in [6, 6.07) is 4.48. The zero-order valence-electron chi connectivity index (χ0n) is 9.63. The second-order valence-electron chi connectivity index (χ2n) is 4.87. The molecule has 1 unspecified atom stereocenters. The van der Waals surface area contributed by atoms with Crippen LogP contribution in [0.1, 0.15) is 33.5 Å². The second kappa shape index (κ2) is 4.65. The van der Waals surface area contributed by atoms with Crippen molar-refractivity contribution in [3.63, 3.8) is 0 Å². The Bertz CT molecular complexity index is 246. The monoisotopic (exact) mass is 195 g/mol. The summed E-state index contributed by atoms with van der Waals surface area (Å²) in [4.78, 5) is 0. The highest BCUT2D eigenvalue weighted by Gasteiger charge is 2.18. The molecule has 14 heavy (non-hydrogen) atoms. The summed E-state index contributed by atoms with van der Waals surface area (Å²) in [6.07, 6.45) is 2.69. The molecule has 2 heteroatoms. The minimum Gasteiger partial charge on any atom is -0.469 e. The van der Waals surface area contributed by atoms with Crippen molar-refractivity contribution in [1.82, 2.24) is 5.32 Å². The summed E-state index contributed by atoms with van der Waals surface area (Å²) in [5, 5.41) is 3.50. The van der Waals surface area contributed by atoms with Gasteiger partial charge in [0.05, 0.1) is 6.26 Å². The van der Waals surface area contributed by atoms with Crippen molar-refractivity contribution in [2.45, 2.75) is 40.2 Å². The lowest BCUT2D eigenvalue weighted by Crippen LogP contribution is -2.38. The third kappa shape index (κ3) is 3.54. The fourth-order valence-electron chi connectivity index (χ4n) is 1.17. The lowest BCUT2D eigenvalue weighted by atomic mass is 9.88. The molecule has 0 fully saturated rings. The van der Waals surface area contributed by atoms with Gasteiger partial charge in [-0.1, -0.05) is 20.8 Å². The van der Waals surface area contributed by atoms with Crippen LogP contribution < -0.4 is 5.32 Å². The molecular weight excluding hydrogens is 174 g/mol. The molecule has 0 bridgehead atoms. The zero-order chi connectivity index (χ0) is 10.6. The lowest BCUT2D eigenvalue weighted by molar-refractivity contribution is 0.286. The number of rotatable bonds is 4. The Morgan fingerprint density at radius 1 is 1.43 bits per heavy atom. The number of nitrogens with one attached hydrogen (secondary N) is 1. The second-order valence-corrected chi connectivity index (χ2v) is 4.87. The average Bonchev–Trinajstić information content (AvgIpc) is 2.55. The lowest BCUT2D eigenvalue weighted by Gasteiger charge is -2.28. The molecule has 0 aromatic carbocycles. The first kappa shape index (κ1) is 11.3. The molecule has 1 N–H and O–H groups in total. The average molecular weight is 195 g/mol. The number of hydrogen-bond acceptors (Lipinski definition) is 2. The van der Waals surface area contributed by atoms with Gasteiger partial charge in [0.15, 0.2) is 0 Å². The summed E-state index contributed by atoms with van der Waals surface area (Å²) in [7, 11) is 0. The minimum absolute atomic E-state index is 0.323. The van der Waals surface area contributed by atoms with Crippen molar-refractivity contribution in [2.24, 2.45) is 5.41 Å². The van der Waals surface area contributed by atoms with Gasteiger partial charge < -0.3 is 9.73 Å². The van der Waals surface area contributed by atoms with Gasteiger partial charge >= 0.3 is 0 Å². The molecule has 0 radical (unpaired) electrons. The molecule has 80 valence electrons. The summed E-state index contributed by atoms with van der Waals surface area (Å²) >= 11 is 0. The highest BCUT2D eigenvalue weighted by atomic mass is 16.3. The van der Waals surface area contributed by atoms with Crippen molar-refractivity contribution < 1.29 is 4.42 Å². The topological polar surface area (TPSA) is 25.2 Å². The van der Waals surface area contributed by atoms with Crippen LogP contribution >= 0.6 is 0 Å². The maximum absolute atomic E-state index is 5.26. The molecular formula is C12H21NO.